The second-order valence-electron chi connectivity index (χ2n) is 4.64. The van der Waals surface area contributed by atoms with Gasteiger partial charge in [0.15, 0.2) is 0 Å². The molecule has 0 spiro atoms. The zero-order valence-corrected chi connectivity index (χ0v) is 9.90. The molecule has 0 heterocycles. The molecule has 2 N–H and O–H groups in total. The van der Waals surface area contributed by atoms with Crippen molar-refractivity contribution in [3.8, 4) is 0 Å². The Morgan fingerprint density at radius 3 is 2.44 bits per heavy atom. The molecule has 1 saturated carbocycles. The van der Waals surface area contributed by atoms with Gasteiger partial charge in [0, 0.05) is 19.0 Å². The van der Waals surface area contributed by atoms with Crippen molar-refractivity contribution in [1.82, 2.24) is 10.2 Å². The summed E-state index contributed by atoms with van der Waals surface area (Å²) < 4.78 is 0. The number of amides is 1. The molecule has 0 aromatic heterocycles. The second-order valence-corrected chi connectivity index (χ2v) is 4.64. The van der Waals surface area contributed by atoms with Gasteiger partial charge in [-0.1, -0.05) is 0 Å². The molecule has 0 aromatic rings. The molecule has 5 heteroatoms. The highest BCUT2D eigenvalue weighted by Crippen LogP contribution is 2.30. The Morgan fingerprint density at radius 1 is 1.31 bits per heavy atom. The summed E-state index contributed by atoms with van der Waals surface area (Å²) >= 11 is 0. The summed E-state index contributed by atoms with van der Waals surface area (Å²) in [6.45, 7) is 1.43. The number of carbonyl (C=O) groups excluding carboxylic acids is 1. The summed E-state index contributed by atoms with van der Waals surface area (Å²) in [6, 6.07) is 0. The van der Waals surface area contributed by atoms with Gasteiger partial charge in [-0.05, 0) is 33.4 Å². The lowest BCUT2D eigenvalue weighted by Gasteiger charge is -2.13. The van der Waals surface area contributed by atoms with Gasteiger partial charge >= 0.3 is 5.97 Å². The SMILES string of the molecule is CN(C)CCNC(=O)C1CCC(C(=O)O)C1. The highest BCUT2D eigenvalue weighted by molar-refractivity contribution is 5.80. The number of nitrogens with one attached hydrogen (secondary N) is 1. The molecule has 1 aliphatic rings. The maximum absolute atomic E-state index is 11.7. The zero-order valence-electron chi connectivity index (χ0n) is 9.90. The standard InChI is InChI=1S/C11H20N2O3/c1-13(2)6-5-12-10(14)8-3-4-9(7-8)11(15)16/h8-9H,3-7H2,1-2H3,(H,12,14)(H,15,16). The van der Waals surface area contributed by atoms with Gasteiger partial charge in [0.1, 0.15) is 0 Å². The summed E-state index contributed by atoms with van der Waals surface area (Å²) in [5.74, 6) is -1.21. The van der Waals surface area contributed by atoms with Gasteiger partial charge in [-0.3, -0.25) is 9.59 Å². The topological polar surface area (TPSA) is 69.6 Å². The van der Waals surface area contributed by atoms with Gasteiger partial charge in [0.25, 0.3) is 0 Å². The van der Waals surface area contributed by atoms with Crippen molar-refractivity contribution in [2.24, 2.45) is 11.8 Å². The van der Waals surface area contributed by atoms with Crippen molar-refractivity contribution in [2.45, 2.75) is 19.3 Å². The maximum atomic E-state index is 11.7. The van der Waals surface area contributed by atoms with Crippen molar-refractivity contribution in [3.63, 3.8) is 0 Å². The number of rotatable bonds is 5. The summed E-state index contributed by atoms with van der Waals surface area (Å²) in [5, 5.41) is 11.7. The summed E-state index contributed by atoms with van der Waals surface area (Å²) in [7, 11) is 3.89. The Labute approximate surface area is 95.8 Å². The lowest BCUT2D eigenvalue weighted by Crippen LogP contribution is -2.35. The first-order chi connectivity index (χ1) is 7.50. The highest BCUT2D eigenvalue weighted by Gasteiger charge is 2.33. The van der Waals surface area contributed by atoms with Crippen LogP contribution in [-0.2, 0) is 9.59 Å². The first-order valence-electron chi connectivity index (χ1n) is 5.66. The largest absolute Gasteiger partial charge is 0.481 e. The van der Waals surface area contributed by atoms with Crippen molar-refractivity contribution in [3.05, 3.63) is 0 Å². The lowest BCUT2D eigenvalue weighted by molar-refractivity contribution is -0.141. The van der Waals surface area contributed by atoms with Crippen LogP contribution in [0.25, 0.3) is 0 Å². The van der Waals surface area contributed by atoms with E-state index < -0.39 is 5.97 Å². The van der Waals surface area contributed by atoms with E-state index in [9.17, 15) is 9.59 Å². The molecule has 1 fully saturated rings. The third-order valence-corrected chi connectivity index (χ3v) is 3.01. The van der Waals surface area contributed by atoms with Crippen LogP contribution in [0.3, 0.4) is 0 Å². The molecule has 0 aromatic carbocycles. The van der Waals surface area contributed by atoms with Crippen LogP contribution in [0.1, 0.15) is 19.3 Å². The van der Waals surface area contributed by atoms with E-state index in [2.05, 4.69) is 5.32 Å². The van der Waals surface area contributed by atoms with E-state index in [1.165, 1.54) is 0 Å². The number of carboxylic acid groups (broad SMARTS) is 1. The molecule has 0 saturated heterocycles. The molecular weight excluding hydrogens is 208 g/mol. The van der Waals surface area contributed by atoms with E-state index in [0.29, 0.717) is 25.8 Å². The van der Waals surface area contributed by atoms with Crippen LogP contribution in [-0.4, -0.2) is 49.1 Å². The Bertz CT molecular complexity index is 266. The average molecular weight is 228 g/mol. The molecule has 0 aliphatic heterocycles. The molecule has 2 unspecified atom stereocenters. The number of hydrogen-bond acceptors (Lipinski definition) is 3. The number of nitrogens with zero attached hydrogens (tertiary/aromatic N) is 1. The molecular formula is C11H20N2O3. The van der Waals surface area contributed by atoms with E-state index >= 15 is 0 Å². The number of carbonyl (C=O) groups is 2. The van der Waals surface area contributed by atoms with Gasteiger partial charge in [-0.2, -0.15) is 0 Å². The molecule has 5 nitrogen and oxygen atoms in total. The third kappa shape index (κ3) is 3.81. The minimum atomic E-state index is -0.774. The van der Waals surface area contributed by atoms with E-state index in [4.69, 9.17) is 5.11 Å². The molecule has 1 aliphatic carbocycles. The van der Waals surface area contributed by atoms with Gasteiger partial charge in [-0.15, -0.1) is 0 Å². The Balaban J connectivity index is 2.26. The number of likely N-dealkylation sites (N-methyl/N-ethyl adjacent to an activating group) is 1. The van der Waals surface area contributed by atoms with Gasteiger partial charge in [0.2, 0.25) is 5.91 Å². The second kappa shape index (κ2) is 5.84. The molecule has 2 atom stereocenters. The quantitative estimate of drug-likeness (QED) is 0.703. The van der Waals surface area contributed by atoms with Crippen molar-refractivity contribution >= 4 is 11.9 Å². The molecule has 0 bridgehead atoms. The van der Waals surface area contributed by atoms with Crippen LogP contribution >= 0.6 is 0 Å². The maximum Gasteiger partial charge on any atom is 0.306 e. The van der Waals surface area contributed by atoms with Gasteiger partial charge in [-0.25, -0.2) is 0 Å². The normalized spacial score (nSPS) is 24.7. The summed E-state index contributed by atoms with van der Waals surface area (Å²) in [6.07, 6.45) is 1.81. The molecule has 1 rings (SSSR count). The van der Waals surface area contributed by atoms with Crippen LogP contribution in [0.15, 0.2) is 0 Å². The first kappa shape index (κ1) is 13.0. The molecule has 0 radical (unpaired) electrons. The smallest absolute Gasteiger partial charge is 0.306 e. The van der Waals surface area contributed by atoms with Crippen LogP contribution in [0.5, 0.6) is 0 Å². The number of hydrogen-bond donors (Lipinski definition) is 2. The van der Waals surface area contributed by atoms with E-state index in [-0.39, 0.29) is 17.7 Å². The first-order valence-corrected chi connectivity index (χ1v) is 5.66. The minimum Gasteiger partial charge on any atom is -0.481 e. The van der Waals surface area contributed by atoms with Crippen LogP contribution < -0.4 is 5.32 Å². The van der Waals surface area contributed by atoms with Crippen LogP contribution in [0.2, 0.25) is 0 Å². The average Bonchev–Trinajstić information content (AvgIpc) is 2.65. The van der Waals surface area contributed by atoms with Crippen molar-refractivity contribution in [1.29, 1.82) is 0 Å². The van der Waals surface area contributed by atoms with Gasteiger partial charge in [0.05, 0.1) is 5.92 Å². The third-order valence-electron chi connectivity index (χ3n) is 3.01. The zero-order chi connectivity index (χ0) is 12.1. The fourth-order valence-electron chi connectivity index (χ4n) is 1.99. The highest BCUT2D eigenvalue weighted by atomic mass is 16.4. The van der Waals surface area contributed by atoms with E-state index in [1.54, 1.807) is 0 Å². The van der Waals surface area contributed by atoms with Crippen molar-refractivity contribution < 1.29 is 14.7 Å². The fourth-order valence-corrected chi connectivity index (χ4v) is 1.99. The predicted molar refractivity (Wildman–Crippen MR) is 60.0 cm³/mol. The minimum absolute atomic E-state index is 0.00519. The van der Waals surface area contributed by atoms with Crippen LogP contribution in [0, 0.1) is 11.8 Å². The van der Waals surface area contributed by atoms with Crippen molar-refractivity contribution in [2.75, 3.05) is 27.2 Å². The van der Waals surface area contributed by atoms with Gasteiger partial charge < -0.3 is 15.3 Å². The molecule has 16 heavy (non-hydrogen) atoms. The molecule has 1 amide bonds. The summed E-state index contributed by atoms with van der Waals surface area (Å²) in [5.41, 5.74) is 0. The molecule has 92 valence electrons. The van der Waals surface area contributed by atoms with E-state index in [0.717, 1.165) is 6.54 Å². The van der Waals surface area contributed by atoms with Crippen LogP contribution in [0.4, 0.5) is 0 Å². The number of aliphatic carboxylic acids is 1. The predicted octanol–water partition coefficient (Wildman–Crippen LogP) is 0.165. The monoisotopic (exact) mass is 228 g/mol. The Kier molecular flexibility index (Phi) is 4.73. The summed E-state index contributed by atoms with van der Waals surface area (Å²) in [4.78, 5) is 24.4. The Hall–Kier alpha value is -1.10. The Morgan fingerprint density at radius 2 is 1.94 bits per heavy atom. The lowest BCUT2D eigenvalue weighted by atomic mass is 10.0. The fraction of sp³-hybridized carbons (Fsp3) is 0.818. The van der Waals surface area contributed by atoms with E-state index in [1.807, 2.05) is 19.0 Å². The number of carboxylic acids is 1.